The molecular formula is C19H30N2. The SMILES string of the molecule is CCCCCCCCCn1ccc2cccc(CCN)c21. The monoisotopic (exact) mass is 286 g/mol. The van der Waals surface area contributed by atoms with E-state index >= 15 is 0 Å². The van der Waals surface area contributed by atoms with Gasteiger partial charge < -0.3 is 10.3 Å². The molecule has 1 aromatic heterocycles. The van der Waals surface area contributed by atoms with E-state index in [1.165, 1.54) is 61.4 Å². The van der Waals surface area contributed by atoms with Crippen molar-refractivity contribution in [3.63, 3.8) is 0 Å². The molecule has 0 saturated carbocycles. The first-order valence-electron chi connectivity index (χ1n) is 8.63. The second-order valence-electron chi connectivity index (χ2n) is 6.02. The highest BCUT2D eigenvalue weighted by atomic mass is 14.9. The minimum atomic E-state index is 0.724. The van der Waals surface area contributed by atoms with Crippen LogP contribution in [0.3, 0.4) is 0 Å². The molecule has 0 atom stereocenters. The maximum absolute atomic E-state index is 5.74. The Morgan fingerprint density at radius 3 is 2.48 bits per heavy atom. The number of benzene rings is 1. The van der Waals surface area contributed by atoms with Crippen LogP contribution in [-0.2, 0) is 13.0 Å². The molecule has 0 unspecified atom stereocenters. The van der Waals surface area contributed by atoms with Gasteiger partial charge in [0.1, 0.15) is 0 Å². The molecule has 0 amide bonds. The van der Waals surface area contributed by atoms with Gasteiger partial charge in [0, 0.05) is 12.7 Å². The Kier molecular flexibility index (Phi) is 6.81. The van der Waals surface area contributed by atoms with Gasteiger partial charge in [-0.05, 0) is 36.4 Å². The average molecular weight is 286 g/mol. The molecule has 0 fully saturated rings. The van der Waals surface area contributed by atoms with Crippen LogP contribution in [-0.4, -0.2) is 11.1 Å². The number of rotatable bonds is 10. The number of nitrogens with two attached hydrogens (primary N) is 1. The van der Waals surface area contributed by atoms with E-state index in [9.17, 15) is 0 Å². The van der Waals surface area contributed by atoms with Crippen LogP contribution in [0.5, 0.6) is 0 Å². The normalized spacial score (nSPS) is 11.3. The zero-order valence-electron chi connectivity index (χ0n) is 13.5. The summed E-state index contributed by atoms with van der Waals surface area (Å²) < 4.78 is 2.42. The Labute approximate surface area is 129 Å². The van der Waals surface area contributed by atoms with Gasteiger partial charge in [0.05, 0.1) is 5.52 Å². The average Bonchev–Trinajstić information content (AvgIpc) is 2.91. The van der Waals surface area contributed by atoms with Crippen molar-refractivity contribution in [1.82, 2.24) is 4.57 Å². The third kappa shape index (κ3) is 4.60. The Morgan fingerprint density at radius 2 is 1.71 bits per heavy atom. The molecule has 0 radical (unpaired) electrons. The summed E-state index contributed by atoms with van der Waals surface area (Å²) in [5.41, 5.74) is 8.53. The van der Waals surface area contributed by atoms with E-state index in [2.05, 4.69) is 42.0 Å². The predicted molar refractivity (Wildman–Crippen MR) is 92.7 cm³/mol. The zero-order valence-corrected chi connectivity index (χ0v) is 13.5. The van der Waals surface area contributed by atoms with Crippen LogP contribution in [0, 0.1) is 0 Å². The Hall–Kier alpha value is -1.28. The zero-order chi connectivity index (χ0) is 14.9. The summed E-state index contributed by atoms with van der Waals surface area (Å²) >= 11 is 0. The fourth-order valence-electron chi connectivity index (χ4n) is 3.12. The topological polar surface area (TPSA) is 30.9 Å². The number of hydrogen-bond acceptors (Lipinski definition) is 1. The molecule has 0 spiro atoms. The van der Waals surface area contributed by atoms with Crippen LogP contribution < -0.4 is 5.73 Å². The van der Waals surface area contributed by atoms with Crippen LogP contribution >= 0.6 is 0 Å². The fraction of sp³-hybridized carbons (Fsp3) is 0.579. The first-order chi connectivity index (χ1) is 10.4. The van der Waals surface area contributed by atoms with Gasteiger partial charge in [0.2, 0.25) is 0 Å². The molecule has 2 rings (SSSR count). The molecule has 0 aliphatic rings. The first kappa shape index (κ1) is 16.1. The highest BCUT2D eigenvalue weighted by molar-refractivity contribution is 5.83. The lowest BCUT2D eigenvalue weighted by Gasteiger charge is -2.09. The van der Waals surface area contributed by atoms with E-state index in [1.54, 1.807) is 0 Å². The number of para-hydroxylation sites is 1. The molecule has 0 aliphatic carbocycles. The van der Waals surface area contributed by atoms with Crippen LogP contribution in [0.15, 0.2) is 30.5 Å². The highest BCUT2D eigenvalue weighted by Crippen LogP contribution is 2.21. The predicted octanol–water partition coefficient (Wildman–Crippen LogP) is 4.89. The lowest BCUT2D eigenvalue weighted by molar-refractivity contribution is 0.556. The van der Waals surface area contributed by atoms with E-state index in [0.29, 0.717) is 0 Å². The van der Waals surface area contributed by atoms with Gasteiger partial charge in [-0.25, -0.2) is 0 Å². The summed E-state index contributed by atoms with van der Waals surface area (Å²) in [5.74, 6) is 0. The molecule has 2 N–H and O–H groups in total. The largest absolute Gasteiger partial charge is 0.347 e. The van der Waals surface area contributed by atoms with Crippen molar-refractivity contribution in [2.24, 2.45) is 5.73 Å². The van der Waals surface area contributed by atoms with Gasteiger partial charge in [0.15, 0.2) is 0 Å². The van der Waals surface area contributed by atoms with Crippen molar-refractivity contribution >= 4 is 10.9 Å². The third-order valence-corrected chi connectivity index (χ3v) is 4.29. The lowest BCUT2D eigenvalue weighted by Crippen LogP contribution is -2.05. The summed E-state index contributed by atoms with van der Waals surface area (Å²) in [5, 5.41) is 1.35. The van der Waals surface area contributed by atoms with Gasteiger partial charge in [-0.15, -0.1) is 0 Å². The minimum Gasteiger partial charge on any atom is -0.347 e. The van der Waals surface area contributed by atoms with E-state index in [4.69, 9.17) is 5.73 Å². The molecule has 116 valence electrons. The van der Waals surface area contributed by atoms with Crippen LogP contribution in [0.4, 0.5) is 0 Å². The third-order valence-electron chi connectivity index (χ3n) is 4.29. The smallest absolute Gasteiger partial charge is 0.0513 e. The second-order valence-corrected chi connectivity index (χ2v) is 6.02. The van der Waals surface area contributed by atoms with Crippen molar-refractivity contribution < 1.29 is 0 Å². The van der Waals surface area contributed by atoms with Gasteiger partial charge in [-0.3, -0.25) is 0 Å². The van der Waals surface area contributed by atoms with E-state index < -0.39 is 0 Å². The van der Waals surface area contributed by atoms with E-state index in [1.807, 2.05) is 0 Å². The number of fused-ring (bicyclic) bond motifs is 1. The Bertz CT molecular complexity index is 527. The lowest BCUT2D eigenvalue weighted by atomic mass is 10.1. The fourth-order valence-corrected chi connectivity index (χ4v) is 3.12. The summed E-state index contributed by atoms with van der Waals surface area (Å²) in [7, 11) is 0. The van der Waals surface area contributed by atoms with Crippen molar-refractivity contribution in [2.75, 3.05) is 6.54 Å². The van der Waals surface area contributed by atoms with Crippen molar-refractivity contribution in [3.05, 3.63) is 36.0 Å². The molecule has 1 aromatic carbocycles. The summed E-state index contributed by atoms with van der Waals surface area (Å²) in [6, 6.07) is 8.80. The number of aryl methyl sites for hydroxylation is 1. The van der Waals surface area contributed by atoms with Crippen molar-refractivity contribution in [1.29, 1.82) is 0 Å². The van der Waals surface area contributed by atoms with Crippen LogP contribution in [0.2, 0.25) is 0 Å². The molecular weight excluding hydrogens is 256 g/mol. The number of nitrogens with zero attached hydrogens (tertiary/aromatic N) is 1. The molecule has 21 heavy (non-hydrogen) atoms. The standard InChI is InChI=1S/C19H30N2/c1-2-3-4-5-6-7-8-15-21-16-13-18-11-9-10-17(12-14-20)19(18)21/h9-11,13,16H,2-8,12,14-15,20H2,1H3. The quantitative estimate of drug-likeness (QED) is 0.619. The first-order valence-corrected chi connectivity index (χ1v) is 8.63. The van der Waals surface area contributed by atoms with Gasteiger partial charge >= 0.3 is 0 Å². The van der Waals surface area contributed by atoms with E-state index in [-0.39, 0.29) is 0 Å². The maximum Gasteiger partial charge on any atom is 0.0513 e. The number of hydrogen-bond donors (Lipinski definition) is 1. The minimum absolute atomic E-state index is 0.724. The van der Waals surface area contributed by atoms with Crippen LogP contribution in [0.25, 0.3) is 10.9 Å². The maximum atomic E-state index is 5.74. The van der Waals surface area contributed by atoms with E-state index in [0.717, 1.165) is 19.5 Å². The molecule has 0 aliphatic heterocycles. The number of aromatic nitrogens is 1. The Balaban J connectivity index is 1.87. The molecule has 1 heterocycles. The molecule has 2 nitrogen and oxygen atoms in total. The number of unbranched alkanes of at least 4 members (excludes halogenated alkanes) is 6. The molecule has 2 aromatic rings. The molecule has 2 heteroatoms. The highest BCUT2D eigenvalue weighted by Gasteiger charge is 2.05. The summed E-state index contributed by atoms with van der Waals surface area (Å²) in [6.07, 6.45) is 12.8. The summed E-state index contributed by atoms with van der Waals surface area (Å²) in [4.78, 5) is 0. The molecule has 0 bridgehead atoms. The van der Waals surface area contributed by atoms with Crippen molar-refractivity contribution in [2.45, 2.75) is 64.8 Å². The van der Waals surface area contributed by atoms with Crippen molar-refractivity contribution in [3.8, 4) is 0 Å². The van der Waals surface area contributed by atoms with Crippen LogP contribution in [0.1, 0.15) is 57.4 Å². The molecule has 0 saturated heterocycles. The van der Waals surface area contributed by atoms with Gasteiger partial charge in [-0.2, -0.15) is 0 Å². The second kappa shape index (κ2) is 8.89. The Morgan fingerprint density at radius 1 is 0.952 bits per heavy atom. The van der Waals surface area contributed by atoms with Gasteiger partial charge in [-0.1, -0.05) is 63.6 Å². The summed E-state index contributed by atoms with van der Waals surface area (Å²) in [6.45, 7) is 4.14. The van der Waals surface area contributed by atoms with Gasteiger partial charge in [0.25, 0.3) is 0 Å².